The van der Waals surface area contributed by atoms with Crippen LogP contribution in [-0.2, 0) is 31.8 Å². The molecule has 1 atom stereocenters. The normalized spacial score (nSPS) is 17.6. The van der Waals surface area contributed by atoms with Crippen LogP contribution in [0, 0.1) is 11.2 Å². The number of hydrogen-bond acceptors (Lipinski definition) is 8. The van der Waals surface area contributed by atoms with E-state index in [9.17, 15) is 14.0 Å². The molecule has 10 nitrogen and oxygen atoms in total. The van der Waals surface area contributed by atoms with Gasteiger partial charge >= 0.3 is 0 Å². The molecule has 1 saturated heterocycles. The van der Waals surface area contributed by atoms with Crippen molar-refractivity contribution in [3.05, 3.63) is 73.6 Å². The molecule has 3 aromatic heterocycles. The fourth-order valence-corrected chi connectivity index (χ4v) is 7.04. The number of anilines is 3. The molecule has 0 unspecified atom stereocenters. The maximum absolute atomic E-state index is 14.9. The van der Waals surface area contributed by atoms with Gasteiger partial charge in [0.25, 0.3) is 11.5 Å². The van der Waals surface area contributed by atoms with Crippen LogP contribution in [0.25, 0.3) is 11.3 Å². The highest BCUT2D eigenvalue weighted by atomic mass is 32.1. The number of aromatic nitrogens is 4. The van der Waals surface area contributed by atoms with Crippen molar-refractivity contribution in [1.29, 1.82) is 0 Å². The summed E-state index contributed by atoms with van der Waals surface area (Å²) in [5, 5.41) is 14.8. The van der Waals surface area contributed by atoms with E-state index in [1.54, 1.807) is 31.0 Å². The third-order valence-corrected chi connectivity index (χ3v) is 9.21. The Morgan fingerprint density at radius 3 is 2.62 bits per heavy atom. The van der Waals surface area contributed by atoms with Crippen molar-refractivity contribution in [1.82, 2.24) is 24.5 Å². The van der Waals surface area contributed by atoms with Crippen molar-refractivity contribution >= 4 is 34.4 Å². The molecule has 4 aromatic rings. The van der Waals surface area contributed by atoms with E-state index >= 15 is 0 Å². The average Bonchev–Trinajstić information content (AvgIpc) is 3.54. The summed E-state index contributed by atoms with van der Waals surface area (Å²) in [7, 11) is 5.11. The van der Waals surface area contributed by atoms with Crippen LogP contribution in [0.4, 0.5) is 21.6 Å². The molecule has 6 rings (SSSR count). The second kappa shape index (κ2) is 10.8. The van der Waals surface area contributed by atoms with Crippen LogP contribution >= 0.6 is 11.3 Å². The third-order valence-electron chi connectivity index (χ3n) is 8.06. The minimum atomic E-state index is -0.571. The Bertz CT molecular complexity index is 1740. The van der Waals surface area contributed by atoms with E-state index in [0.717, 1.165) is 42.2 Å². The summed E-state index contributed by atoms with van der Waals surface area (Å²) in [5.41, 5.74) is 2.98. The number of hydrogen-bond donors (Lipinski definition) is 2. The van der Waals surface area contributed by atoms with E-state index < -0.39 is 11.7 Å². The molecule has 0 saturated carbocycles. The number of rotatable bonds is 8. The molecule has 2 aliphatic rings. The number of benzene rings is 1. The molecule has 42 heavy (non-hydrogen) atoms. The van der Waals surface area contributed by atoms with Gasteiger partial charge in [-0.25, -0.2) is 9.07 Å². The van der Waals surface area contributed by atoms with Gasteiger partial charge in [-0.3, -0.25) is 19.2 Å². The van der Waals surface area contributed by atoms with Gasteiger partial charge in [0, 0.05) is 44.3 Å². The molecular formula is C30H34FN7O3S. The monoisotopic (exact) mass is 591 g/mol. The highest BCUT2D eigenvalue weighted by Gasteiger charge is 2.41. The molecule has 0 bridgehead atoms. The molecule has 1 aliphatic carbocycles. The molecule has 1 aromatic carbocycles. The van der Waals surface area contributed by atoms with E-state index in [2.05, 4.69) is 39.6 Å². The summed E-state index contributed by atoms with van der Waals surface area (Å²) in [6, 6.07) is 9.76. The molecule has 0 spiro atoms. The van der Waals surface area contributed by atoms with Crippen molar-refractivity contribution in [2.45, 2.75) is 39.3 Å². The molecule has 0 radical (unpaired) electrons. The Morgan fingerprint density at radius 1 is 1.12 bits per heavy atom. The van der Waals surface area contributed by atoms with Gasteiger partial charge in [-0.15, -0.1) is 11.3 Å². The molecule has 1 fully saturated rings. The summed E-state index contributed by atoms with van der Waals surface area (Å²) in [6.45, 7) is 7.23. The Morgan fingerprint density at radius 2 is 1.90 bits per heavy atom. The fourth-order valence-electron chi connectivity index (χ4n) is 5.71. The molecule has 220 valence electrons. The fraction of sp³-hybridized carbons (Fsp3) is 0.400. The van der Waals surface area contributed by atoms with Crippen LogP contribution in [0.15, 0.2) is 41.2 Å². The number of ether oxygens (including phenoxy) is 1. The molecule has 4 heterocycles. The Hall–Kier alpha value is -3.87. The number of carbonyl (C=O) groups is 1. The van der Waals surface area contributed by atoms with Gasteiger partial charge in [-0.05, 0) is 67.2 Å². The minimum absolute atomic E-state index is 0.0280. The van der Waals surface area contributed by atoms with E-state index in [0.29, 0.717) is 22.0 Å². The van der Waals surface area contributed by atoms with Crippen molar-refractivity contribution in [3.63, 3.8) is 0 Å². The molecular weight excluding hydrogens is 557 g/mol. The lowest BCUT2D eigenvalue weighted by molar-refractivity contribution is 0.0190. The highest BCUT2D eigenvalue weighted by molar-refractivity contribution is 7.14. The van der Waals surface area contributed by atoms with E-state index in [1.807, 2.05) is 19.2 Å². The van der Waals surface area contributed by atoms with E-state index in [1.165, 1.54) is 34.6 Å². The number of amides is 1. The van der Waals surface area contributed by atoms with Gasteiger partial charge in [0.1, 0.15) is 11.5 Å². The van der Waals surface area contributed by atoms with Crippen LogP contribution in [0.3, 0.4) is 0 Å². The second-order valence-corrected chi connectivity index (χ2v) is 12.8. The zero-order valence-corrected chi connectivity index (χ0v) is 25.1. The predicted molar refractivity (Wildman–Crippen MR) is 161 cm³/mol. The maximum atomic E-state index is 14.9. The maximum Gasteiger partial charge on any atom is 0.290 e. The van der Waals surface area contributed by atoms with Crippen LogP contribution in [0.1, 0.15) is 52.2 Å². The largest absolute Gasteiger partial charge is 0.376 e. The van der Waals surface area contributed by atoms with E-state index in [-0.39, 0.29) is 28.5 Å². The Kier molecular flexibility index (Phi) is 7.24. The highest BCUT2D eigenvalue weighted by Crippen LogP contribution is 2.50. The van der Waals surface area contributed by atoms with Crippen molar-refractivity contribution in [2.24, 2.45) is 19.5 Å². The number of nitrogens with zero attached hydrogens (tertiary/aromatic N) is 5. The zero-order valence-electron chi connectivity index (χ0n) is 24.3. The van der Waals surface area contributed by atoms with Crippen LogP contribution < -0.4 is 16.2 Å². The summed E-state index contributed by atoms with van der Waals surface area (Å²) in [5.74, 6) is -0.409. The van der Waals surface area contributed by atoms with Crippen molar-refractivity contribution in [2.75, 3.05) is 30.8 Å². The van der Waals surface area contributed by atoms with Crippen LogP contribution in [0.5, 0.6) is 0 Å². The zero-order chi connectivity index (χ0) is 29.8. The van der Waals surface area contributed by atoms with Gasteiger partial charge < -0.3 is 15.4 Å². The van der Waals surface area contributed by atoms with Crippen molar-refractivity contribution in [3.8, 4) is 11.3 Å². The molecule has 12 heteroatoms. The topological polar surface area (TPSA) is 106 Å². The average molecular weight is 592 g/mol. The lowest BCUT2D eigenvalue weighted by atomic mass is 9.87. The lowest BCUT2D eigenvalue weighted by Gasteiger charge is -2.30. The number of aryl methyl sites for hydroxylation is 2. The van der Waals surface area contributed by atoms with Gasteiger partial charge in [0.15, 0.2) is 5.82 Å². The number of thiophene rings is 1. The first-order chi connectivity index (χ1) is 20.0. The summed E-state index contributed by atoms with van der Waals surface area (Å²) < 4.78 is 23.6. The SMILES string of the molecule is CO[C@@H]1c2cc(C(=O)Nc3cc(-c4cc(Nc5cc(CN6CCC6)n(C)n5)c(=O)n(C)n4)ccc3F)sc2CC1(C)C. The first-order valence-corrected chi connectivity index (χ1v) is 14.7. The Labute approximate surface area is 247 Å². The Balaban J connectivity index is 1.23. The number of fused-ring (bicyclic) bond motifs is 1. The first kappa shape index (κ1) is 28.3. The number of methoxy groups -OCH3 is 1. The smallest absolute Gasteiger partial charge is 0.290 e. The quantitative estimate of drug-likeness (QED) is 0.302. The predicted octanol–water partition coefficient (Wildman–Crippen LogP) is 4.85. The number of carbonyl (C=O) groups excluding carboxylic acids is 1. The van der Waals surface area contributed by atoms with Crippen LogP contribution in [0.2, 0.25) is 0 Å². The van der Waals surface area contributed by atoms with Crippen molar-refractivity contribution < 1.29 is 13.9 Å². The lowest BCUT2D eigenvalue weighted by Crippen LogP contribution is -2.36. The standard InChI is InChI=1S/C30H34FN7O3S/c1-30(2)15-25-19(27(30)41-5)13-24(42-25)28(39)33-22-11-17(7-8-20(22)31)21-14-23(29(40)37(4)34-21)32-26-12-18(36(3)35-26)16-38-9-6-10-38/h7-8,11-14,27H,6,9-10,15-16H2,1-5H3,(H,32,35)(H,33,39)/t27-/m1/s1. The third kappa shape index (κ3) is 5.25. The number of nitrogens with one attached hydrogen (secondary N) is 2. The summed E-state index contributed by atoms with van der Waals surface area (Å²) >= 11 is 1.41. The van der Waals surface area contributed by atoms with Gasteiger partial charge in [-0.2, -0.15) is 10.2 Å². The second-order valence-electron chi connectivity index (χ2n) is 11.7. The summed E-state index contributed by atoms with van der Waals surface area (Å²) in [4.78, 5) is 30.0. The molecule has 1 aliphatic heterocycles. The number of likely N-dealkylation sites (tertiary alicyclic amines) is 1. The minimum Gasteiger partial charge on any atom is -0.376 e. The molecule has 2 N–H and O–H groups in total. The van der Waals surface area contributed by atoms with Gasteiger partial charge in [0.05, 0.1) is 28.1 Å². The molecule has 1 amide bonds. The first-order valence-electron chi connectivity index (χ1n) is 13.9. The van der Waals surface area contributed by atoms with E-state index in [4.69, 9.17) is 4.74 Å². The number of halogens is 1. The summed E-state index contributed by atoms with van der Waals surface area (Å²) in [6.07, 6.45) is 1.93. The van der Waals surface area contributed by atoms with Crippen LogP contribution in [-0.4, -0.2) is 50.6 Å². The van der Waals surface area contributed by atoms with Gasteiger partial charge in [-0.1, -0.05) is 13.8 Å². The van der Waals surface area contributed by atoms with Gasteiger partial charge in [0.2, 0.25) is 0 Å².